The summed E-state index contributed by atoms with van der Waals surface area (Å²) in [7, 11) is 0. The molecule has 0 amide bonds. The fourth-order valence-electron chi connectivity index (χ4n) is 2.06. The highest BCUT2D eigenvalue weighted by molar-refractivity contribution is 7.30. The second-order valence-electron chi connectivity index (χ2n) is 3.91. The summed E-state index contributed by atoms with van der Waals surface area (Å²) in [6.45, 7) is 0. The molecule has 0 aliphatic rings. The molecule has 4 aromatic rings. The molecular weight excluding hydrogens is 264 g/mol. The normalized spacial score (nSPS) is 11.5. The summed E-state index contributed by atoms with van der Waals surface area (Å²) in [5, 5.41) is 7.14. The van der Waals surface area contributed by atoms with E-state index in [1.165, 1.54) is 29.9 Å². The van der Waals surface area contributed by atoms with Crippen LogP contribution in [-0.4, -0.2) is 0 Å². The standard InChI is InChI=1S/C14H8S3/c1-2-4-10-9(3-1)8-16-14(10)13-7-12-11(17-13)5-6-15-12/h1-8H. The van der Waals surface area contributed by atoms with Crippen LogP contribution in [0.15, 0.2) is 47.2 Å². The minimum atomic E-state index is 1.35. The predicted molar refractivity (Wildman–Crippen MR) is 80.5 cm³/mol. The van der Waals surface area contributed by atoms with Gasteiger partial charge in [0.05, 0.1) is 4.88 Å². The van der Waals surface area contributed by atoms with Gasteiger partial charge in [-0.15, -0.1) is 34.0 Å². The van der Waals surface area contributed by atoms with Crippen molar-refractivity contribution in [2.45, 2.75) is 0 Å². The molecule has 0 saturated heterocycles. The van der Waals surface area contributed by atoms with Crippen molar-refractivity contribution in [1.29, 1.82) is 0 Å². The Balaban J connectivity index is 2.02. The van der Waals surface area contributed by atoms with E-state index in [0.29, 0.717) is 0 Å². The average Bonchev–Trinajstić information content (AvgIpc) is 3.01. The van der Waals surface area contributed by atoms with Crippen molar-refractivity contribution in [3.05, 3.63) is 47.2 Å². The summed E-state index contributed by atoms with van der Waals surface area (Å²) in [4.78, 5) is 2.81. The van der Waals surface area contributed by atoms with Crippen molar-refractivity contribution >= 4 is 54.2 Å². The first-order valence-electron chi connectivity index (χ1n) is 5.35. The summed E-state index contributed by atoms with van der Waals surface area (Å²) in [5.74, 6) is 0. The van der Waals surface area contributed by atoms with Crippen LogP contribution in [0.2, 0.25) is 0 Å². The SMILES string of the molecule is c1ccc2c(-c3cc4sccc4s3)scc2c1. The molecule has 0 fully saturated rings. The summed E-state index contributed by atoms with van der Waals surface area (Å²) in [6.07, 6.45) is 0. The van der Waals surface area contributed by atoms with Crippen LogP contribution in [0.4, 0.5) is 0 Å². The Hall–Kier alpha value is -1.16. The molecule has 4 rings (SSSR count). The zero-order chi connectivity index (χ0) is 11.2. The summed E-state index contributed by atoms with van der Waals surface area (Å²) in [6, 6.07) is 13.2. The lowest BCUT2D eigenvalue weighted by Gasteiger charge is -1.93. The number of hydrogen-bond donors (Lipinski definition) is 0. The molecule has 0 saturated carbocycles. The molecule has 3 aromatic heterocycles. The van der Waals surface area contributed by atoms with E-state index in [1.807, 2.05) is 34.0 Å². The Morgan fingerprint density at radius 1 is 0.882 bits per heavy atom. The first-order valence-corrected chi connectivity index (χ1v) is 7.93. The summed E-state index contributed by atoms with van der Waals surface area (Å²) < 4.78 is 2.81. The van der Waals surface area contributed by atoms with E-state index in [-0.39, 0.29) is 0 Å². The lowest BCUT2D eigenvalue weighted by molar-refractivity contribution is 1.84. The van der Waals surface area contributed by atoms with Gasteiger partial charge in [-0.2, -0.15) is 0 Å². The maximum atomic E-state index is 2.32. The molecule has 0 nitrogen and oxygen atoms in total. The maximum absolute atomic E-state index is 2.32. The third-order valence-electron chi connectivity index (χ3n) is 2.87. The van der Waals surface area contributed by atoms with Crippen molar-refractivity contribution in [1.82, 2.24) is 0 Å². The van der Waals surface area contributed by atoms with Crippen LogP contribution in [0.3, 0.4) is 0 Å². The predicted octanol–water partition coefficient (Wildman–Crippen LogP) is 5.84. The van der Waals surface area contributed by atoms with E-state index in [0.717, 1.165) is 0 Å². The van der Waals surface area contributed by atoms with Gasteiger partial charge in [-0.05, 0) is 28.3 Å². The topological polar surface area (TPSA) is 0 Å². The Bertz CT molecular complexity index is 772. The van der Waals surface area contributed by atoms with E-state index in [4.69, 9.17) is 0 Å². The van der Waals surface area contributed by atoms with Gasteiger partial charge in [0.1, 0.15) is 0 Å². The summed E-state index contributed by atoms with van der Waals surface area (Å²) >= 11 is 5.57. The van der Waals surface area contributed by atoms with Crippen LogP contribution in [0.25, 0.3) is 29.9 Å². The van der Waals surface area contributed by atoms with Gasteiger partial charge in [0.15, 0.2) is 0 Å². The van der Waals surface area contributed by atoms with E-state index in [2.05, 4.69) is 47.2 Å². The Morgan fingerprint density at radius 3 is 2.76 bits per heavy atom. The van der Waals surface area contributed by atoms with Gasteiger partial charge in [0, 0.05) is 19.7 Å². The lowest BCUT2D eigenvalue weighted by Crippen LogP contribution is -1.66. The summed E-state index contributed by atoms with van der Waals surface area (Å²) in [5.41, 5.74) is 0. The van der Waals surface area contributed by atoms with Crippen molar-refractivity contribution in [2.24, 2.45) is 0 Å². The maximum Gasteiger partial charge on any atom is 0.0521 e. The highest BCUT2D eigenvalue weighted by Gasteiger charge is 2.10. The van der Waals surface area contributed by atoms with E-state index in [9.17, 15) is 0 Å². The fraction of sp³-hybridized carbons (Fsp3) is 0. The first-order chi connectivity index (χ1) is 8.42. The third-order valence-corrected chi connectivity index (χ3v) is 6.16. The second-order valence-corrected chi connectivity index (χ2v) is 6.82. The van der Waals surface area contributed by atoms with Crippen molar-refractivity contribution < 1.29 is 0 Å². The quantitative estimate of drug-likeness (QED) is 0.408. The molecule has 0 bridgehead atoms. The molecule has 3 heteroatoms. The molecule has 1 aromatic carbocycles. The number of thiophene rings is 3. The Kier molecular flexibility index (Phi) is 2.12. The second kappa shape index (κ2) is 3.67. The molecule has 0 radical (unpaired) electrons. The number of rotatable bonds is 1. The fourth-order valence-corrected chi connectivity index (χ4v) is 5.33. The van der Waals surface area contributed by atoms with Gasteiger partial charge in [0.25, 0.3) is 0 Å². The van der Waals surface area contributed by atoms with Crippen LogP contribution in [-0.2, 0) is 0 Å². The first kappa shape index (κ1) is 9.83. The molecular formula is C14H8S3. The van der Waals surface area contributed by atoms with Gasteiger partial charge in [0.2, 0.25) is 0 Å². The molecule has 0 N–H and O–H groups in total. The molecule has 0 aliphatic carbocycles. The van der Waals surface area contributed by atoms with Crippen LogP contribution >= 0.6 is 34.0 Å². The molecule has 0 atom stereocenters. The minimum Gasteiger partial charge on any atom is -0.143 e. The highest BCUT2D eigenvalue weighted by Crippen LogP contribution is 2.42. The van der Waals surface area contributed by atoms with Gasteiger partial charge in [-0.3, -0.25) is 0 Å². The van der Waals surface area contributed by atoms with E-state index in [1.54, 1.807) is 0 Å². The molecule has 82 valence electrons. The number of benzene rings is 1. The molecule has 0 aliphatic heterocycles. The van der Waals surface area contributed by atoms with Gasteiger partial charge < -0.3 is 0 Å². The smallest absolute Gasteiger partial charge is 0.0521 e. The van der Waals surface area contributed by atoms with Crippen LogP contribution in [0.1, 0.15) is 0 Å². The molecule has 17 heavy (non-hydrogen) atoms. The number of fused-ring (bicyclic) bond motifs is 2. The van der Waals surface area contributed by atoms with Gasteiger partial charge in [-0.1, -0.05) is 24.3 Å². The molecule has 3 heterocycles. The van der Waals surface area contributed by atoms with Crippen LogP contribution in [0.5, 0.6) is 0 Å². The number of hydrogen-bond acceptors (Lipinski definition) is 3. The lowest BCUT2D eigenvalue weighted by atomic mass is 10.2. The van der Waals surface area contributed by atoms with Crippen molar-refractivity contribution in [2.75, 3.05) is 0 Å². The highest BCUT2D eigenvalue weighted by atomic mass is 32.1. The third kappa shape index (κ3) is 1.47. The van der Waals surface area contributed by atoms with Crippen LogP contribution < -0.4 is 0 Å². The van der Waals surface area contributed by atoms with E-state index >= 15 is 0 Å². The van der Waals surface area contributed by atoms with Crippen molar-refractivity contribution in [3.8, 4) is 9.75 Å². The largest absolute Gasteiger partial charge is 0.143 e. The Morgan fingerprint density at radius 2 is 1.82 bits per heavy atom. The van der Waals surface area contributed by atoms with Crippen molar-refractivity contribution in [3.63, 3.8) is 0 Å². The monoisotopic (exact) mass is 272 g/mol. The molecule has 0 spiro atoms. The average molecular weight is 272 g/mol. The van der Waals surface area contributed by atoms with Crippen LogP contribution in [0, 0.1) is 0 Å². The molecule has 0 unspecified atom stereocenters. The zero-order valence-corrected chi connectivity index (χ0v) is 11.3. The Labute approximate surface area is 111 Å². The zero-order valence-electron chi connectivity index (χ0n) is 8.84. The van der Waals surface area contributed by atoms with Gasteiger partial charge >= 0.3 is 0 Å². The van der Waals surface area contributed by atoms with E-state index < -0.39 is 0 Å². The van der Waals surface area contributed by atoms with Gasteiger partial charge in [-0.25, -0.2) is 0 Å². The minimum absolute atomic E-state index is 1.35.